The molecule has 0 bridgehead atoms. The minimum Gasteiger partial charge on any atom is -0.455 e. The van der Waals surface area contributed by atoms with E-state index < -0.39 is 0 Å². The molecule has 1 aliphatic heterocycles. The topological polar surface area (TPSA) is 58.8 Å². The van der Waals surface area contributed by atoms with Gasteiger partial charge in [-0.2, -0.15) is 5.10 Å². The molecule has 0 saturated carbocycles. The van der Waals surface area contributed by atoms with Crippen molar-refractivity contribution in [2.75, 3.05) is 13.2 Å². The van der Waals surface area contributed by atoms with Gasteiger partial charge in [-0.15, -0.1) is 0 Å². The fourth-order valence-electron chi connectivity index (χ4n) is 2.43. The van der Waals surface area contributed by atoms with Crippen molar-refractivity contribution in [2.24, 2.45) is 5.10 Å². The van der Waals surface area contributed by atoms with Crippen LogP contribution in [0, 0.1) is 0 Å². The van der Waals surface area contributed by atoms with Crippen LogP contribution in [0.15, 0.2) is 39.9 Å². The van der Waals surface area contributed by atoms with Crippen LogP contribution in [0.25, 0.3) is 11.3 Å². The fraction of sp³-hybridized carbons (Fsp3) is 0.294. The summed E-state index contributed by atoms with van der Waals surface area (Å²) >= 11 is 17.1. The molecule has 2 N–H and O–H groups in total. The van der Waals surface area contributed by atoms with Gasteiger partial charge in [0.15, 0.2) is 5.11 Å². The second-order valence-electron chi connectivity index (χ2n) is 5.55. The molecule has 0 radical (unpaired) electrons. The van der Waals surface area contributed by atoms with E-state index in [4.69, 9.17) is 44.6 Å². The second-order valence-corrected chi connectivity index (χ2v) is 6.77. The van der Waals surface area contributed by atoms with Crippen LogP contribution in [0.3, 0.4) is 0 Å². The van der Waals surface area contributed by atoms with Gasteiger partial charge in [0.05, 0.1) is 22.4 Å². The molecule has 8 heteroatoms. The maximum atomic E-state index is 6.03. The molecule has 2 aromatic rings. The first-order valence-corrected chi connectivity index (χ1v) is 9.02. The van der Waals surface area contributed by atoms with Crippen LogP contribution in [-0.4, -0.2) is 30.6 Å². The Balaban J connectivity index is 1.51. The Morgan fingerprint density at radius 3 is 2.92 bits per heavy atom. The lowest BCUT2D eigenvalue weighted by Gasteiger charge is -2.11. The molecule has 1 fully saturated rings. The Bertz CT molecular complexity index is 773. The molecule has 2 heterocycles. The highest BCUT2D eigenvalue weighted by molar-refractivity contribution is 7.80. The summed E-state index contributed by atoms with van der Waals surface area (Å²) in [5.41, 5.74) is 3.60. The third-order valence-electron chi connectivity index (χ3n) is 3.70. The van der Waals surface area contributed by atoms with Crippen molar-refractivity contribution in [2.45, 2.75) is 18.9 Å². The molecule has 1 atom stereocenters. The first-order chi connectivity index (χ1) is 12.1. The summed E-state index contributed by atoms with van der Waals surface area (Å²) in [5, 5.41) is 8.58. The van der Waals surface area contributed by atoms with Crippen LogP contribution in [0.4, 0.5) is 0 Å². The molecule has 0 amide bonds. The highest BCUT2D eigenvalue weighted by atomic mass is 35.5. The van der Waals surface area contributed by atoms with Gasteiger partial charge in [-0.3, -0.25) is 5.43 Å². The monoisotopic (exact) mass is 397 g/mol. The summed E-state index contributed by atoms with van der Waals surface area (Å²) < 4.78 is 11.2. The van der Waals surface area contributed by atoms with Crippen LogP contribution < -0.4 is 10.7 Å². The number of furan rings is 1. The fourth-order valence-corrected chi connectivity index (χ4v) is 2.87. The van der Waals surface area contributed by atoms with E-state index in [0.29, 0.717) is 33.2 Å². The lowest BCUT2D eigenvalue weighted by atomic mass is 10.2. The molecule has 1 aliphatic rings. The Morgan fingerprint density at radius 1 is 1.28 bits per heavy atom. The van der Waals surface area contributed by atoms with E-state index in [1.165, 1.54) is 0 Å². The number of benzene rings is 1. The molecule has 132 valence electrons. The zero-order chi connectivity index (χ0) is 17.6. The largest absolute Gasteiger partial charge is 0.455 e. The molecule has 0 aliphatic carbocycles. The third-order valence-corrected chi connectivity index (χ3v) is 4.68. The van der Waals surface area contributed by atoms with E-state index >= 15 is 0 Å². The molecule has 1 saturated heterocycles. The number of nitrogens with zero attached hydrogens (tertiary/aromatic N) is 1. The molecule has 25 heavy (non-hydrogen) atoms. The standard InChI is InChI=1S/C17H17Cl2N3O2S/c18-14-5-3-11(8-15(14)19)16-6-4-13(24-16)10-21-22-17(25)20-9-12-2-1-7-23-12/h3-6,8,10,12H,1-2,7,9H2,(H2,20,22,25)/b21-10-/t12-/m1/s1. The van der Waals surface area contributed by atoms with E-state index in [0.717, 1.165) is 25.0 Å². The third kappa shape index (κ3) is 5.19. The number of nitrogens with one attached hydrogen (secondary N) is 2. The van der Waals surface area contributed by atoms with Crippen molar-refractivity contribution in [3.8, 4) is 11.3 Å². The zero-order valence-electron chi connectivity index (χ0n) is 13.3. The van der Waals surface area contributed by atoms with Crippen molar-refractivity contribution in [1.82, 2.24) is 10.7 Å². The normalized spacial score (nSPS) is 17.1. The zero-order valence-corrected chi connectivity index (χ0v) is 15.6. The predicted octanol–water partition coefficient (Wildman–Crippen LogP) is 4.23. The van der Waals surface area contributed by atoms with Crippen LogP contribution in [0.1, 0.15) is 18.6 Å². The predicted molar refractivity (Wildman–Crippen MR) is 104 cm³/mol. The van der Waals surface area contributed by atoms with Crippen LogP contribution in [-0.2, 0) is 4.74 Å². The average Bonchev–Trinajstić information content (AvgIpc) is 3.27. The smallest absolute Gasteiger partial charge is 0.187 e. The van der Waals surface area contributed by atoms with Crippen LogP contribution in [0.5, 0.6) is 0 Å². The van der Waals surface area contributed by atoms with Crippen molar-refractivity contribution < 1.29 is 9.15 Å². The summed E-state index contributed by atoms with van der Waals surface area (Å²) in [6.45, 7) is 1.51. The Hall–Kier alpha value is -1.60. The Labute approximate surface area is 161 Å². The molecule has 0 unspecified atom stereocenters. The van der Waals surface area contributed by atoms with E-state index in [1.807, 2.05) is 18.2 Å². The summed E-state index contributed by atoms with van der Waals surface area (Å²) in [7, 11) is 0. The van der Waals surface area contributed by atoms with Gasteiger partial charge < -0.3 is 14.5 Å². The number of thiocarbonyl (C=S) groups is 1. The average molecular weight is 398 g/mol. The lowest BCUT2D eigenvalue weighted by molar-refractivity contribution is 0.114. The first kappa shape index (κ1) is 18.2. The van der Waals surface area contributed by atoms with Gasteiger partial charge in [0.2, 0.25) is 0 Å². The number of rotatable bonds is 5. The van der Waals surface area contributed by atoms with Crippen molar-refractivity contribution in [3.63, 3.8) is 0 Å². The molecular weight excluding hydrogens is 381 g/mol. The molecule has 5 nitrogen and oxygen atoms in total. The SMILES string of the molecule is S=C(NC[C@H]1CCCO1)N/N=C\c1ccc(-c2ccc(Cl)c(Cl)c2)o1. The highest BCUT2D eigenvalue weighted by Gasteiger charge is 2.15. The Morgan fingerprint density at radius 2 is 2.16 bits per heavy atom. The maximum absolute atomic E-state index is 6.03. The van der Waals surface area contributed by atoms with Gasteiger partial charge in [0, 0.05) is 18.7 Å². The number of hydrogen-bond donors (Lipinski definition) is 2. The van der Waals surface area contributed by atoms with E-state index in [2.05, 4.69) is 15.8 Å². The first-order valence-electron chi connectivity index (χ1n) is 7.85. The van der Waals surface area contributed by atoms with Crippen LogP contribution in [0.2, 0.25) is 10.0 Å². The van der Waals surface area contributed by atoms with Gasteiger partial charge in [-0.1, -0.05) is 23.2 Å². The van der Waals surface area contributed by atoms with Gasteiger partial charge in [-0.05, 0) is 55.4 Å². The van der Waals surface area contributed by atoms with E-state index in [1.54, 1.807) is 18.3 Å². The second kappa shape index (κ2) is 8.67. The van der Waals surface area contributed by atoms with Gasteiger partial charge in [-0.25, -0.2) is 0 Å². The molecule has 1 aromatic carbocycles. The summed E-state index contributed by atoms with van der Waals surface area (Å²) in [6, 6.07) is 8.98. The van der Waals surface area contributed by atoms with E-state index in [-0.39, 0.29) is 6.10 Å². The summed E-state index contributed by atoms with van der Waals surface area (Å²) in [4.78, 5) is 0. The molecule has 0 spiro atoms. The molecular formula is C17H17Cl2N3O2S. The lowest BCUT2D eigenvalue weighted by Crippen LogP contribution is -2.37. The minimum atomic E-state index is 0.225. The van der Waals surface area contributed by atoms with Crippen molar-refractivity contribution in [1.29, 1.82) is 0 Å². The van der Waals surface area contributed by atoms with Crippen molar-refractivity contribution in [3.05, 3.63) is 46.1 Å². The highest BCUT2D eigenvalue weighted by Crippen LogP contribution is 2.29. The quantitative estimate of drug-likeness (QED) is 0.449. The summed E-state index contributed by atoms with van der Waals surface area (Å²) in [5.74, 6) is 1.27. The summed E-state index contributed by atoms with van der Waals surface area (Å²) in [6.07, 6.45) is 3.94. The van der Waals surface area contributed by atoms with Crippen molar-refractivity contribution >= 4 is 46.7 Å². The number of hydrazone groups is 1. The van der Waals surface area contributed by atoms with Gasteiger partial charge >= 0.3 is 0 Å². The number of halogens is 2. The Kier molecular flexibility index (Phi) is 6.31. The number of ether oxygens (including phenoxy) is 1. The minimum absolute atomic E-state index is 0.225. The maximum Gasteiger partial charge on any atom is 0.187 e. The van der Waals surface area contributed by atoms with Gasteiger partial charge in [0.1, 0.15) is 11.5 Å². The molecule has 1 aromatic heterocycles. The van der Waals surface area contributed by atoms with Crippen LogP contribution >= 0.6 is 35.4 Å². The molecule has 3 rings (SSSR count). The van der Waals surface area contributed by atoms with Gasteiger partial charge in [0.25, 0.3) is 0 Å². The van der Waals surface area contributed by atoms with E-state index in [9.17, 15) is 0 Å². The number of hydrogen-bond acceptors (Lipinski definition) is 4.